The molecule has 0 spiro atoms. The van der Waals surface area contributed by atoms with Crippen molar-refractivity contribution in [2.45, 2.75) is 6.42 Å². The van der Waals surface area contributed by atoms with E-state index in [4.69, 9.17) is 4.98 Å². The van der Waals surface area contributed by atoms with Crippen LogP contribution < -0.4 is 0 Å². The van der Waals surface area contributed by atoms with Crippen LogP contribution in [0.25, 0.3) is 38.7 Å². The molecule has 6 rings (SSSR count). The van der Waals surface area contributed by atoms with E-state index < -0.39 is 0 Å². The minimum Gasteiger partial charge on any atom is -0.279 e. The Morgan fingerprint density at radius 3 is 2.79 bits per heavy atom. The number of nitrogens with zero attached hydrogens (tertiary/aromatic N) is 4. The van der Waals surface area contributed by atoms with Gasteiger partial charge in [0.15, 0.2) is 0 Å². The van der Waals surface area contributed by atoms with Crippen LogP contribution in [0.3, 0.4) is 0 Å². The van der Waals surface area contributed by atoms with Crippen molar-refractivity contribution < 1.29 is 0 Å². The number of fused-ring (bicyclic) bond motifs is 10. The lowest BCUT2D eigenvalue weighted by Crippen LogP contribution is -1.98. The van der Waals surface area contributed by atoms with Gasteiger partial charge in [-0.05, 0) is 29.1 Å². The first-order valence-electron chi connectivity index (χ1n) is 8.02. The molecule has 0 aliphatic heterocycles. The molecule has 0 atom stereocenters. The Bertz CT molecular complexity index is 1280. The molecule has 4 aromatic heterocycles. The molecule has 0 radical (unpaired) electrons. The van der Waals surface area contributed by atoms with Crippen LogP contribution in [0.2, 0.25) is 0 Å². The third-order valence-electron chi connectivity index (χ3n) is 4.95. The quantitative estimate of drug-likeness (QED) is 0.398. The molecule has 0 fully saturated rings. The zero-order valence-electron chi connectivity index (χ0n) is 12.8. The summed E-state index contributed by atoms with van der Waals surface area (Å²) in [7, 11) is 0. The Labute approximate surface area is 137 Å². The zero-order chi connectivity index (χ0) is 15.7. The molecule has 5 aromatic rings. The summed E-state index contributed by atoms with van der Waals surface area (Å²) in [5.74, 6) is 0. The third kappa shape index (κ3) is 1.36. The van der Waals surface area contributed by atoms with E-state index >= 15 is 0 Å². The number of hydrogen-bond acceptors (Lipinski definition) is 3. The highest BCUT2D eigenvalue weighted by Gasteiger charge is 2.26. The molecule has 1 aliphatic carbocycles. The van der Waals surface area contributed by atoms with Gasteiger partial charge in [0, 0.05) is 41.3 Å². The van der Waals surface area contributed by atoms with Crippen LogP contribution in [-0.4, -0.2) is 19.4 Å². The summed E-state index contributed by atoms with van der Waals surface area (Å²) in [5.41, 5.74) is 6.78. The lowest BCUT2D eigenvalue weighted by molar-refractivity contribution is 1.07. The van der Waals surface area contributed by atoms with Gasteiger partial charge < -0.3 is 0 Å². The maximum atomic E-state index is 5.00. The Hall–Kier alpha value is -3.27. The zero-order valence-corrected chi connectivity index (χ0v) is 12.8. The van der Waals surface area contributed by atoms with E-state index in [0.717, 1.165) is 39.6 Å². The summed E-state index contributed by atoms with van der Waals surface area (Å²) >= 11 is 0. The van der Waals surface area contributed by atoms with Gasteiger partial charge in [-0.3, -0.25) is 9.38 Å². The second-order valence-corrected chi connectivity index (χ2v) is 6.20. The Kier molecular flexibility index (Phi) is 2.12. The van der Waals surface area contributed by atoms with Crippen LogP contribution in [0.15, 0.2) is 61.1 Å². The van der Waals surface area contributed by atoms with Crippen molar-refractivity contribution in [2.24, 2.45) is 0 Å². The Morgan fingerprint density at radius 2 is 1.79 bits per heavy atom. The average molecular weight is 308 g/mol. The van der Waals surface area contributed by atoms with Gasteiger partial charge in [0.25, 0.3) is 0 Å². The molecule has 112 valence electrons. The van der Waals surface area contributed by atoms with Gasteiger partial charge in [0.2, 0.25) is 0 Å². The van der Waals surface area contributed by atoms with E-state index in [-0.39, 0.29) is 0 Å². The molecule has 4 nitrogen and oxygen atoms in total. The monoisotopic (exact) mass is 308 g/mol. The van der Waals surface area contributed by atoms with E-state index in [0.29, 0.717) is 0 Å². The predicted molar refractivity (Wildman–Crippen MR) is 94.0 cm³/mol. The van der Waals surface area contributed by atoms with Crippen LogP contribution >= 0.6 is 0 Å². The van der Waals surface area contributed by atoms with Crippen molar-refractivity contribution in [3.63, 3.8) is 0 Å². The number of imidazole rings is 1. The van der Waals surface area contributed by atoms with Gasteiger partial charge in [-0.2, -0.15) is 0 Å². The molecule has 0 saturated heterocycles. The lowest BCUT2D eigenvalue weighted by Gasteiger charge is -2.08. The molecule has 0 unspecified atom stereocenters. The predicted octanol–water partition coefficient (Wildman–Crippen LogP) is 4.00. The first kappa shape index (κ1) is 12.2. The van der Waals surface area contributed by atoms with Crippen molar-refractivity contribution in [3.05, 3.63) is 72.3 Å². The third-order valence-corrected chi connectivity index (χ3v) is 4.95. The normalized spacial score (nSPS) is 12.8. The number of hydrogen-bond donors (Lipinski definition) is 0. The molecule has 4 heterocycles. The smallest absolute Gasteiger partial charge is 0.148 e. The fraction of sp³-hybridized carbons (Fsp3) is 0.0500. The summed E-state index contributed by atoms with van der Waals surface area (Å²) in [6.07, 6.45) is 6.48. The van der Waals surface area contributed by atoms with Gasteiger partial charge in [-0.25, -0.2) is 9.97 Å². The van der Waals surface area contributed by atoms with E-state index in [1.807, 2.05) is 30.7 Å². The van der Waals surface area contributed by atoms with Crippen LogP contribution in [-0.2, 0) is 6.42 Å². The van der Waals surface area contributed by atoms with E-state index in [2.05, 4.69) is 44.7 Å². The van der Waals surface area contributed by atoms with Crippen molar-refractivity contribution in [3.8, 4) is 11.3 Å². The number of pyridine rings is 3. The number of aromatic nitrogens is 4. The first-order chi connectivity index (χ1) is 11.9. The maximum absolute atomic E-state index is 5.00. The van der Waals surface area contributed by atoms with Crippen molar-refractivity contribution >= 4 is 27.5 Å². The number of benzene rings is 1. The highest BCUT2D eigenvalue weighted by Crippen LogP contribution is 2.39. The standard InChI is InChI=1S/C20H12N4/c1-2-5-13-12(4-1)10-17-18(13)23-20-16-11-21-9-7-14(16)15-6-3-8-22-19(15)24(17)20/h1-9,11H,10H2. The Morgan fingerprint density at radius 1 is 0.833 bits per heavy atom. The number of rotatable bonds is 0. The van der Waals surface area contributed by atoms with Crippen molar-refractivity contribution in [2.75, 3.05) is 0 Å². The lowest BCUT2D eigenvalue weighted by atomic mass is 10.1. The molecule has 24 heavy (non-hydrogen) atoms. The summed E-state index contributed by atoms with van der Waals surface area (Å²) < 4.78 is 2.22. The minimum absolute atomic E-state index is 0.893. The van der Waals surface area contributed by atoms with Crippen molar-refractivity contribution in [1.29, 1.82) is 0 Å². The molecule has 1 aromatic carbocycles. The minimum atomic E-state index is 0.893. The molecule has 4 heteroatoms. The maximum Gasteiger partial charge on any atom is 0.148 e. The summed E-state index contributed by atoms with van der Waals surface area (Å²) in [4.78, 5) is 14.0. The fourth-order valence-electron chi connectivity index (χ4n) is 3.92. The molecule has 0 N–H and O–H groups in total. The van der Waals surface area contributed by atoms with Crippen molar-refractivity contribution in [1.82, 2.24) is 19.4 Å². The highest BCUT2D eigenvalue weighted by atomic mass is 15.1. The van der Waals surface area contributed by atoms with Crippen LogP contribution in [0, 0.1) is 0 Å². The van der Waals surface area contributed by atoms with Gasteiger partial charge in [-0.1, -0.05) is 24.3 Å². The van der Waals surface area contributed by atoms with E-state index in [9.17, 15) is 0 Å². The summed E-state index contributed by atoms with van der Waals surface area (Å²) in [6, 6.07) is 14.7. The first-order valence-corrected chi connectivity index (χ1v) is 8.02. The molecule has 0 amide bonds. The van der Waals surface area contributed by atoms with E-state index in [1.165, 1.54) is 16.8 Å². The topological polar surface area (TPSA) is 43.1 Å². The van der Waals surface area contributed by atoms with Gasteiger partial charge in [0.1, 0.15) is 11.3 Å². The van der Waals surface area contributed by atoms with Gasteiger partial charge >= 0.3 is 0 Å². The molecule has 0 saturated carbocycles. The van der Waals surface area contributed by atoms with Crippen LogP contribution in [0.1, 0.15) is 11.3 Å². The summed E-state index contributed by atoms with van der Waals surface area (Å²) in [6.45, 7) is 0. The van der Waals surface area contributed by atoms with Crippen LogP contribution in [0.4, 0.5) is 0 Å². The molecular weight excluding hydrogens is 296 g/mol. The summed E-state index contributed by atoms with van der Waals surface area (Å²) in [5, 5.41) is 3.36. The SMILES string of the molecule is c1ccc2c(c1)Cc1c-2nc2c3cnccc3c3cccnc3n12. The second-order valence-electron chi connectivity index (χ2n) is 6.20. The van der Waals surface area contributed by atoms with E-state index in [1.54, 1.807) is 0 Å². The molecule has 1 aliphatic rings. The van der Waals surface area contributed by atoms with Gasteiger partial charge in [0.05, 0.1) is 11.4 Å². The average Bonchev–Trinajstić information content (AvgIpc) is 3.18. The molecule has 0 bridgehead atoms. The molecular formula is C20H12N4. The largest absolute Gasteiger partial charge is 0.279 e. The van der Waals surface area contributed by atoms with Crippen LogP contribution in [0.5, 0.6) is 0 Å². The Balaban J connectivity index is 1.90. The highest BCUT2D eigenvalue weighted by molar-refractivity contribution is 6.11. The fourth-order valence-corrected chi connectivity index (χ4v) is 3.92. The second kappa shape index (κ2) is 4.17. The van der Waals surface area contributed by atoms with Gasteiger partial charge in [-0.15, -0.1) is 0 Å².